The van der Waals surface area contributed by atoms with Gasteiger partial charge in [-0.1, -0.05) is 22.9 Å². The minimum Gasteiger partial charge on any atom is -0.264 e. The molecule has 2 aromatic rings. The zero-order chi connectivity index (χ0) is 10.8. The van der Waals surface area contributed by atoms with E-state index in [1.54, 1.807) is 12.3 Å². The van der Waals surface area contributed by atoms with Gasteiger partial charge in [0.05, 0.1) is 11.7 Å². The van der Waals surface area contributed by atoms with Gasteiger partial charge in [-0.3, -0.25) is 4.68 Å². The summed E-state index contributed by atoms with van der Waals surface area (Å²) in [5.74, 6) is 0.270. The van der Waals surface area contributed by atoms with Gasteiger partial charge in [0, 0.05) is 17.3 Å². The van der Waals surface area contributed by atoms with Crippen molar-refractivity contribution in [2.75, 3.05) is 5.33 Å². The van der Waals surface area contributed by atoms with E-state index in [4.69, 9.17) is 0 Å². The predicted octanol–water partition coefficient (Wildman–Crippen LogP) is 3.21. The van der Waals surface area contributed by atoms with E-state index in [0.29, 0.717) is 5.92 Å². The van der Waals surface area contributed by atoms with Crippen molar-refractivity contribution in [3.8, 4) is 0 Å². The maximum Gasteiger partial charge on any atom is 0.125 e. The fourth-order valence-corrected chi connectivity index (χ4v) is 1.74. The Kier molecular flexibility index (Phi) is 3.05. The van der Waals surface area contributed by atoms with E-state index in [1.165, 1.54) is 12.1 Å². The Morgan fingerprint density at radius 3 is 3.07 bits per heavy atom. The van der Waals surface area contributed by atoms with Crippen LogP contribution in [-0.2, 0) is 6.54 Å². The van der Waals surface area contributed by atoms with Crippen molar-refractivity contribution in [1.82, 2.24) is 9.78 Å². The summed E-state index contributed by atoms with van der Waals surface area (Å²) in [6, 6.07) is 4.75. The predicted molar refractivity (Wildman–Crippen MR) is 62.6 cm³/mol. The molecule has 1 aromatic carbocycles. The molecule has 0 unspecified atom stereocenters. The molecule has 2 rings (SSSR count). The van der Waals surface area contributed by atoms with E-state index in [2.05, 4.69) is 28.0 Å². The lowest BCUT2D eigenvalue weighted by Crippen LogP contribution is -2.09. The lowest BCUT2D eigenvalue weighted by atomic mass is 10.2. The van der Waals surface area contributed by atoms with Gasteiger partial charge >= 0.3 is 0 Å². The Morgan fingerprint density at radius 2 is 2.33 bits per heavy atom. The van der Waals surface area contributed by atoms with Gasteiger partial charge in [-0.05, 0) is 24.1 Å². The van der Waals surface area contributed by atoms with E-state index < -0.39 is 0 Å². The number of halogens is 2. The summed E-state index contributed by atoms with van der Waals surface area (Å²) in [5.41, 5.74) is 0.864. The Balaban J connectivity index is 2.39. The number of hydrogen-bond donors (Lipinski definition) is 0. The summed E-state index contributed by atoms with van der Waals surface area (Å²) in [4.78, 5) is 0. The molecule has 0 saturated heterocycles. The molecule has 0 amide bonds. The monoisotopic (exact) mass is 270 g/mol. The van der Waals surface area contributed by atoms with Crippen molar-refractivity contribution < 1.29 is 4.39 Å². The first kappa shape index (κ1) is 10.6. The first-order valence-corrected chi connectivity index (χ1v) is 6.00. The number of aromatic nitrogens is 2. The third kappa shape index (κ3) is 2.20. The van der Waals surface area contributed by atoms with Gasteiger partial charge in [-0.15, -0.1) is 0 Å². The molecular weight excluding hydrogens is 259 g/mol. The Labute approximate surface area is 96.2 Å². The van der Waals surface area contributed by atoms with Crippen LogP contribution in [-0.4, -0.2) is 15.1 Å². The van der Waals surface area contributed by atoms with E-state index >= 15 is 0 Å². The second kappa shape index (κ2) is 4.31. The molecule has 1 atom stereocenters. The number of nitrogens with zero attached hydrogens (tertiary/aromatic N) is 2. The molecule has 0 aliphatic rings. The number of hydrogen-bond acceptors (Lipinski definition) is 1. The highest BCUT2D eigenvalue weighted by atomic mass is 79.9. The molecule has 4 heteroatoms. The SMILES string of the molecule is C[C@H](CBr)Cn1ncc2ccc(F)cc21. The number of rotatable bonds is 3. The molecule has 0 aliphatic carbocycles. The van der Waals surface area contributed by atoms with E-state index in [1.807, 2.05) is 4.68 Å². The molecule has 15 heavy (non-hydrogen) atoms. The highest BCUT2D eigenvalue weighted by molar-refractivity contribution is 9.09. The third-order valence-electron chi connectivity index (χ3n) is 2.35. The van der Waals surface area contributed by atoms with Crippen LogP contribution in [0, 0.1) is 11.7 Å². The lowest BCUT2D eigenvalue weighted by Gasteiger charge is -2.08. The summed E-state index contributed by atoms with van der Waals surface area (Å²) >= 11 is 3.42. The van der Waals surface area contributed by atoms with Gasteiger partial charge in [-0.25, -0.2) is 4.39 Å². The standard InChI is InChI=1S/C11H12BrFN2/c1-8(5-12)7-15-11-4-10(13)3-2-9(11)6-14-15/h2-4,6,8H,5,7H2,1H3/t8-/m1/s1. The smallest absolute Gasteiger partial charge is 0.125 e. The van der Waals surface area contributed by atoms with E-state index in [0.717, 1.165) is 22.8 Å². The molecule has 0 fully saturated rings. The molecule has 0 N–H and O–H groups in total. The van der Waals surface area contributed by atoms with Gasteiger partial charge < -0.3 is 0 Å². The lowest BCUT2D eigenvalue weighted by molar-refractivity contribution is 0.503. The first-order chi connectivity index (χ1) is 7.20. The molecule has 1 aromatic heterocycles. The molecule has 0 saturated carbocycles. The summed E-state index contributed by atoms with van der Waals surface area (Å²) < 4.78 is 14.9. The van der Waals surface area contributed by atoms with Crippen LogP contribution in [0.15, 0.2) is 24.4 Å². The minimum absolute atomic E-state index is 0.212. The van der Waals surface area contributed by atoms with Crippen LogP contribution in [0.1, 0.15) is 6.92 Å². The second-order valence-electron chi connectivity index (χ2n) is 3.79. The second-order valence-corrected chi connectivity index (χ2v) is 4.44. The average molecular weight is 271 g/mol. The first-order valence-electron chi connectivity index (χ1n) is 4.87. The quantitative estimate of drug-likeness (QED) is 0.784. The topological polar surface area (TPSA) is 17.8 Å². The van der Waals surface area contributed by atoms with Crippen LogP contribution in [0.5, 0.6) is 0 Å². The molecule has 0 radical (unpaired) electrons. The van der Waals surface area contributed by atoms with Gasteiger partial charge in [0.2, 0.25) is 0 Å². The zero-order valence-corrected chi connectivity index (χ0v) is 10.0. The van der Waals surface area contributed by atoms with Crippen LogP contribution in [0.4, 0.5) is 4.39 Å². The van der Waals surface area contributed by atoms with Gasteiger partial charge in [-0.2, -0.15) is 5.10 Å². The maximum atomic E-state index is 13.1. The van der Waals surface area contributed by atoms with Crippen molar-refractivity contribution in [2.45, 2.75) is 13.5 Å². The van der Waals surface area contributed by atoms with Crippen molar-refractivity contribution in [3.05, 3.63) is 30.2 Å². The summed E-state index contributed by atoms with van der Waals surface area (Å²) in [5, 5.41) is 6.16. The molecule has 0 aliphatic heterocycles. The minimum atomic E-state index is -0.212. The molecule has 2 nitrogen and oxygen atoms in total. The molecule has 80 valence electrons. The van der Waals surface area contributed by atoms with Crippen LogP contribution >= 0.6 is 15.9 Å². The van der Waals surface area contributed by atoms with Crippen molar-refractivity contribution in [2.24, 2.45) is 5.92 Å². The van der Waals surface area contributed by atoms with Crippen LogP contribution in [0.25, 0.3) is 10.9 Å². The Hall–Kier alpha value is -0.900. The molecule has 0 bridgehead atoms. The third-order valence-corrected chi connectivity index (χ3v) is 3.46. The van der Waals surface area contributed by atoms with Crippen LogP contribution in [0.3, 0.4) is 0 Å². The van der Waals surface area contributed by atoms with E-state index in [9.17, 15) is 4.39 Å². The Bertz CT molecular complexity index is 467. The van der Waals surface area contributed by atoms with Crippen molar-refractivity contribution in [3.63, 3.8) is 0 Å². The maximum absolute atomic E-state index is 13.1. The van der Waals surface area contributed by atoms with Gasteiger partial charge in [0.1, 0.15) is 5.82 Å². The largest absolute Gasteiger partial charge is 0.264 e. The number of fused-ring (bicyclic) bond motifs is 1. The summed E-state index contributed by atoms with van der Waals surface area (Å²) in [6.45, 7) is 2.93. The van der Waals surface area contributed by atoms with Gasteiger partial charge in [0.25, 0.3) is 0 Å². The number of benzene rings is 1. The van der Waals surface area contributed by atoms with E-state index in [-0.39, 0.29) is 5.82 Å². The Morgan fingerprint density at radius 1 is 1.53 bits per heavy atom. The summed E-state index contributed by atoms with van der Waals surface area (Å²) in [7, 11) is 0. The van der Waals surface area contributed by atoms with Gasteiger partial charge in [0.15, 0.2) is 0 Å². The highest BCUT2D eigenvalue weighted by Gasteiger charge is 2.07. The fraction of sp³-hybridized carbons (Fsp3) is 0.364. The van der Waals surface area contributed by atoms with Crippen LogP contribution in [0.2, 0.25) is 0 Å². The van der Waals surface area contributed by atoms with Crippen LogP contribution < -0.4 is 0 Å². The highest BCUT2D eigenvalue weighted by Crippen LogP contribution is 2.16. The molecular formula is C11H12BrFN2. The number of alkyl halides is 1. The summed E-state index contributed by atoms with van der Waals surface area (Å²) in [6.07, 6.45) is 1.77. The normalized spacial score (nSPS) is 13.3. The molecule has 0 spiro atoms. The molecule has 1 heterocycles. The fourth-order valence-electron chi connectivity index (χ4n) is 1.53. The zero-order valence-electron chi connectivity index (χ0n) is 8.45. The average Bonchev–Trinajstić information content (AvgIpc) is 2.61. The van der Waals surface area contributed by atoms with Crippen molar-refractivity contribution >= 4 is 26.8 Å². The van der Waals surface area contributed by atoms with Crippen molar-refractivity contribution in [1.29, 1.82) is 0 Å².